The molecule has 140 valence electrons. The number of nitrogens with one attached hydrogen (secondary N) is 1. The Bertz CT molecular complexity index is 925. The highest BCUT2D eigenvalue weighted by Crippen LogP contribution is 2.51. The molecule has 1 aromatic carbocycles. The van der Waals surface area contributed by atoms with Crippen molar-refractivity contribution in [3.05, 3.63) is 29.0 Å². The summed E-state index contributed by atoms with van der Waals surface area (Å²) in [7, 11) is 1.53. The number of carbonyl (C=O) groups is 1. The zero-order valence-electron chi connectivity index (χ0n) is 15.4. The Kier molecular flexibility index (Phi) is 3.88. The third kappa shape index (κ3) is 2.55. The summed E-state index contributed by atoms with van der Waals surface area (Å²) in [5, 5.41) is 17.9. The first-order chi connectivity index (χ1) is 12.9. The Morgan fingerprint density at radius 2 is 2.11 bits per heavy atom. The quantitative estimate of drug-likeness (QED) is 0.859. The van der Waals surface area contributed by atoms with E-state index in [9.17, 15) is 10.1 Å². The molecule has 0 fully saturated rings. The number of fused-ring (bicyclic) bond motifs is 1. The van der Waals surface area contributed by atoms with E-state index in [-0.39, 0.29) is 24.2 Å². The molecule has 2 atom stereocenters. The Morgan fingerprint density at radius 1 is 1.33 bits per heavy atom. The van der Waals surface area contributed by atoms with Crippen molar-refractivity contribution in [3.63, 3.8) is 0 Å². The minimum absolute atomic E-state index is 0.0983. The lowest BCUT2D eigenvalue weighted by molar-refractivity contribution is -0.127. The third-order valence-corrected chi connectivity index (χ3v) is 5.51. The number of methoxy groups -OCH3 is 1. The molecule has 0 saturated carbocycles. The average molecular weight is 368 g/mol. The fraction of sp³-hybridized carbons (Fsp3) is 0.450. The Morgan fingerprint density at radius 3 is 2.81 bits per heavy atom. The molecular weight excluding hydrogens is 348 g/mol. The Balaban J connectivity index is 1.89. The summed E-state index contributed by atoms with van der Waals surface area (Å²) < 4.78 is 21.9. The number of nitriles is 1. The van der Waals surface area contributed by atoms with E-state index in [0.717, 1.165) is 11.1 Å². The predicted molar refractivity (Wildman–Crippen MR) is 94.8 cm³/mol. The maximum absolute atomic E-state index is 12.9. The molecule has 3 aliphatic rings. The van der Waals surface area contributed by atoms with E-state index in [1.165, 1.54) is 7.11 Å². The summed E-state index contributed by atoms with van der Waals surface area (Å²) >= 11 is 0. The van der Waals surface area contributed by atoms with Gasteiger partial charge in [0.15, 0.2) is 17.3 Å². The zero-order valence-corrected chi connectivity index (χ0v) is 15.4. The number of allylic oxidation sites excluding steroid dienone is 2. The number of Topliss-reactive ketones (excluding diaryl/α,β-unsaturated/α-hetero) is 1. The highest BCUT2D eigenvalue weighted by Gasteiger charge is 2.47. The number of rotatable bonds is 2. The first kappa shape index (κ1) is 17.4. The predicted octanol–water partition coefficient (Wildman–Crippen LogP) is 3.30. The summed E-state index contributed by atoms with van der Waals surface area (Å²) in [6.45, 7) is 3.85. The highest BCUT2D eigenvalue weighted by molar-refractivity contribution is 6.03. The van der Waals surface area contributed by atoms with Gasteiger partial charge in [0.05, 0.1) is 13.2 Å². The second-order valence-electron chi connectivity index (χ2n) is 7.58. The van der Waals surface area contributed by atoms with E-state index in [1.807, 2.05) is 13.8 Å². The molecule has 0 saturated heterocycles. The van der Waals surface area contributed by atoms with E-state index in [0.29, 0.717) is 30.1 Å². The zero-order chi connectivity index (χ0) is 19.3. The number of benzene rings is 1. The SMILES string of the molecule is COc1cc(C2C3=C(OC(=N)C2C#N)C(=O)C(C)(C)CC3)cc2c1OCO2. The van der Waals surface area contributed by atoms with Crippen molar-refractivity contribution in [2.75, 3.05) is 13.9 Å². The molecule has 0 amide bonds. The van der Waals surface area contributed by atoms with Crippen LogP contribution in [0.4, 0.5) is 0 Å². The maximum atomic E-state index is 12.9. The van der Waals surface area contributed by atoms with E-state index < -0.39 is 17.3 Å². The molecule has 27 heavy (non-hydrogen) atoms. The van der Waals surface area contributed by atoms with Crippen LogP contribution >= 0.6 is 0 Å². The van der Waals surface area contributed by atoms with Crippen molar-refractivity contribution in [1.29, 1.82) is 10.7 Å². The summed E-state index contributed by atoms with van der Waals surface area (Å²) in [5.74, 6) is 0.156. The summed E-state index contributed by atoms with van der Waals surface area (Å²) in [5.41, 5.74) is 0.967. The standard InChI is InChI=1S/C20H20N2O5/c1-20(2)5-4-11-15(12(8-21)19(22)27-16(11)18(20)23)10-6-13(24-3)17-14(7-10)25-9-26-17/h6-7,12,15,22H,4-5,9H2,1-3H3. The van der Waals surface area contributed by atoms with Gasteiger partial charge in [-0.25, -0.2) is 0 Å². The number of hydrogen-bond donors (Lipinski definition) is 1. The van der Waals surface area contributed by atoms with Gasteiger partial charge >= 0.3 is 0 Å². The largest absolute Gasteiger partial charge is 0.493 e. The second kappa shape index (κ2) is 6.02. The number of hydrogen-bond acceptors (Lipinski definition) is 7. The van der Waals surface area contributed by atoms with Gasteiger partial charge in [-0.1, -0.05) is 13.8 Å². The van der Waals surface area contributed by atoms with Crippen LogP contribution in [-0.4, -0.2) is 25.6 Å². The van der Waals surface area contributed by atoms with Crippen LogP contribution in [0.1, 0.15) is 38.2 Å². The van der Waals surface area contributed by atoms with Crippen LogP contribution in [0, 0.1) is 28.1 Å². The summed E-state index contributed by atoms with van der Waals surface area (Å²) in [6, 6.07) is 5.75. The molecule has 0 radical (unpaired) electrons. The minimum Gasteiger partial charge on any atom is -0.493 e. The second-order valence-corrected chi connectivity index (χ2v) is 7.58. The molecule has 1 N–H and O–H groups in total. The van der Waals surface area contributed by atoms with Gasteiger partial charge in [-0.05, 0) is 36.1 Å². The van der Waals surface area contributed by atoms with E-state index in [2.05, 4.69) is 6.07 Å². The van der Waals surface area contributed by atoms with E-state index >= 15 is 0 Å². The monoisotopic (exact) mass is 368 g/mol. The Hall–Kier alpha value is -3.01. The molecule has 7 nitrogen and oxygen atoms in total. The fourth-order valence-electron chi connectivity index (χ4n) is 3.92. The van der Waals surface area contributed by atoms with Crippen LogP contribution in [0.15, 0.2) is 23.5 Å². The number of nitrogens with zero attached hydrogens (tertiary/aromatic N) is 1. The topological polar surface area (TPSA) is 102 Å². The van der Waals surface area contributed by atoms with Crippen molar-refractivity contribution in [1.82, 2.24) is 0 Å². The number of ketones is 1. The van der Waals surface area contributed by atoms with Crippen LogP contribution in [0.25, 0.3) is 0 Å². The van der Waals surface area contributed by atoms with Crippen LogP contribution < -0.4 is 14.2 Å². The van der Waals surface area contributed by atoms with Gasteiger partial charge < -0.3 is 18.9 Å². The van der Waals surface area contributed by atoms with Crippen LogP contribution in [0.5, 0.6) is 17.2 Å². The van der Waals surface area contributed by atoms with Crippen LogP contribution in [0.3, 0.4) is 0 Å². The molecule has 2 heterocycles. The molecule has 2 aliphatic heterocycles. The van der Waals surface area contributed by atoms with Crippen molar-refractivity contribution < 1.29 is 23.7 Å². The summed E-state index contributed by atoms with van der Waals surface area (Å²) in [4.78, 5) is 12.9. The molecular formula is C20H20N2O5. The molecule has 0 bridgehead atoms. The third-order valence-electron chi connectivity index (χ3n) is 5.51. The lowest BCUT2D eigenvalue weighted by Gasteiger charge is -2.39. The molecule has 7 heteroatoms. The number of ether oxygens (including phenoxy) is 4. The normalized spacial score (nSPS) is 25.6. The lowest BCUT2D eigenvalue weighted by atomic mass is 9.68. The smallest absolute Gasteiger partial charge is 0.231 e. The average Bonchev–Trinajstić information content (AvgIpc) is 3.12. The van der Waals surface area contributed by atoms with Crippen molar-refractivity contribution in [3.8, 4) is 23.3 Å². The van der Waals surface area contributed by atoms with Crippen molar-refractivity contribution >= 4 is 11.7 Å². The molecule has 0 aromatic heterocycles. The molecule has 1 aromatic rings. The van der Waals surface area contributed by atoms with E-state index in [1.54, 1.807) is 12.1 Å². The fourth-order valence-corrected chi connectivity index (χ4v) is 3.92. The van der Waals surface area contributed by atoms with Crippen LogP contribution in [-0.2, 0) is 9.53 Å². The number of carbonyl (C=O) groups excluding carboxylic acids is 1. The molecule has 0 spiro atoms. The van der Waals surface area contributed by atoms with E-state index in [4.69, 9.17) is 24.4 Å². The first-order valence-corrected chi connectivity index (χ1v) is 8.78. The van der Waals surface area contributed by atoms with Crippen molar-refractivity contribution in [2.45, 2.75) is 32.6 Å². The van der Waals surface area contributed by atoms with Gasteiger partial charge in [-0.3, -0.25) is 10.2 Å². The van der Waals surface area contributed by atoms with Gasteiger partial charge in [-0.2, -0.15) is 5.26 Å². The Labute approximate surface area is 157 Å². The maximum Gasteiger partial charge on any atom is 0.231 e. The van der Waals surface area contributed by atoms with Gasteiger partial charge in [0, 0.05) is 11.3 Å². The highest BCUT2D eigenvalue weighted by atomic mass is 16.7. The van der Waals surface area contributed by atoms with Gasteiger partial charge in [0.2, 0.25) is 24.2 Å². The van der Waals surface area contributed by atoms with Crippen LogP contribution in [0.2, 0.25) is 0 Å². The minimum atomic E-state index is -0.817. The lowest BCUT2D eigenvalue weighted by Crippen LogP contribution is -2.39. The van der Waals surface area contributed by atoms with Gasteiger partial charge in [0.1, 0.15) is 5.92 Å². The van der Waals surface area contributed by atoms with Gasteiger partial charge in [-0.15, -0.1) is 0 Å². The molecule has 2 unspecified atom stereocenters. The molecule has 4 rings (SSSR count). The van der Waals surface area contributed by atoms with Crippen molar-refractivity contribution in [2.24, 2.45) is 11.3 Å². The summed E-state index contributed by atoms with van der Waals surface area (Å²) in [6.07, 6.45) is 1.29. The van der Waals surface area contributed by atoms with Gasteiger partial charge in [0.25, 0.3) is 0 Å². The molecule has 1 aliphatic carbocycles. The first-order valence-electron chi connectivity index (χ1n) is 8.78.